The molecule has 0 saturated carbocycles. The number of nitrogens with zero attached hydrogens (tertiary/aromatic N) is 1. The molecule has 7 heteroatoms. The number of thiocarbonyl (C=S) groups is 1. The lowest BCUT2D eigenvalue weighted by molar-refractivity contribution is 0.0739. The summed E-state index contributed by atoms with van der Waals surface area (Å²) in [6.45, 7) is 0.576. The molecule has 4 rings (SSSR count). The van der Waals surface area contributed by atoms with E-state index in [1.807, 2.05) is 12.1 Å². The van der Waals surface area contributed by atoms with Crippen molar-refractivity contribution in [3.05, 3.63) is 59.8 Å². The van der Waals surface area contributed by atoms with Crippen LogP contribution in [-0.2, 0) is 6.54 Å². The number of carbonyl (C=O) groups is 1. The lowest BCUT2D eigenvalue weighted by Crippen LogP contribution is -2.60. The van der Waals surface area contributed by atoms with Gasteiger partial charge in [-0.15, -0.1) is 0 Å². The number of benzene rings is 1. The Kier molecular flexibility index (Phi) is 5.62. The summed E-state index contributed by atoms with van der Waals surface area (Å²) in [6, 6.07) is 10.2. The van der Waals surface area contributed by atoms with E-state index in [0.29, 0.717) is 24.2 Å². The summed E-state index contributed by atoms with van der Waals surface area (Å²) in [4.78, 5) is 14.8. The Morgan fingerprint density at radius 3 is 2.54 bits per heavy atom. The quantitative estimate of drug-likeness (QED) is 0.767. The zero-order valence-corrected chi connectivity index (χ0v) is 16.4. The highest BCUT2D eigenvalue weighted by Crippen LogP contribution is 2.34. The van der Waals surface area contributed by atoms with E-state index in [2.05, 4.69) is 15.5 Å². The molecule has 2 N–H and O–H groups in total. The number of amides is 1. The molecular formula is C21H24FN3O2S. The summed E-state index contributed by atoms with van der Waals surface area (Å²) in [5.41, 5.74) is 0.490. The first-order valence-electron chi connectivity index (χ1n) is 9.75. The van der Waals surface area contributed by atoms with Gasteiger partial charge in [-0.2, -0.15) is 0 Å². The van der Waals surface area contributed by atoms with Gasteiger partial charge in [0.2, 0.25) is 0 Å². The molecule has 0 spiro atoms. The molecule has 0 aliphatic carbocycles. The molecule has 1 amide bonds. The predicted molar refractivity (Wildman–Crippen MR) is 108 cm³/mol. The second-order valence-corrected chi connectivity index (χ2v) is 7.92. The number of carbonyl (C=O) groups excluding carboxylic acids is 1. The van der Waals surface area contributed by atoms with E-state index in [-0.39, 0.29) is 17.8 Å². The molecule has 2 unspecified atom stereocenters. The van der Waals surface area contributed by atoms with Crippen molar-refractivity contribution < 1.29 is 13.6 Å². The molecular weight excluding hydrogens is 377 g/mol. The number of nitrogens with one attached hydrogen (secondary N) is 2. The largest absolute Gasteiger partial charge is 0.467 e. The van der Waals surface area contributed by atoms with Gasteiger partial charge in [0.05, 0.1) is 12.8 Å². The van der Waals surface area contributed by atoms with E-state index in [1.165, 1.54) is 30.7 Å². The molecule has 28 heavy (non-hydrogen) atoms. The van der Waals surface area contributed by atoms with E-state index in [9.17, 15) is 9.18 Å². The number of rotatable bonds is 4. The maximum atomic E-state index is 13.1. The Morgan fingerprint density at radius 1 is 1.18 bits per heavy atom. The van der Waals surface area contributed by atoms with Crippen molar-refractivity contribution in [2.75, 3.05) is 0 Å². The van der Waals surface area contributed by atoms with Crippen LogP contribution in [0.25, 0.3) is 0 Å². The number of halogens is 1. The first-order valence-corrected chi connectivity index (χ1v) is 10.2. The fraction of sp³-hybridized carbons (Fsp3) is 0.429. The molecule has 2 atom stereocenters. The average molecular weight is 402 g/mol. The number of piperidine rings is 2. The fourth-order valence-corrected chi connectivity index (χ4v) is 4.74. The minimum atomic E-state index is -0.338. The Morgan fingerprint density at radius 2 is 1.89 bits per heavy atom. The highest BCUT2D eigenvalue weighted by atomic mass is 32.1. The topological polar surface area (TPSA) is 57.5 Å². The van der Waals surface area contributed by atoms with Crippen molar-refractivity contribution in [3.8, 4) is 0 Å². The average Bonchev–Trinajstić information content (AvgIpc) is 3.19. The third kappa shape index (κ3) is 4.19. The van der Waals surface area contributed by atoms with Crippen LogP contribution in [0, 0.1) is 5.82 Å². The van der Waals surface area contributed by atoms with Crippen LogP contribution in [0.4, 0.5) is 4.39 Å². The van der Waals surface area contributed by atoms with Gasteiger partial charge in [0.15, 0.2) is 5.11 Å². The van der Waals surface area contributed by atoms with Gasteiger partial charge in [0.25, 0.3) is 5.91 Å². The van der Waals surface area contributed by atoms with Gasteiger partial charge in [0, 0.05) is 23.7 Å². The van der Waals surface area contributed by atoms with Gasteiger partial charge in [0.1, 0.15) is 11.6 Å². The van der Waals surface area contributed by atoms with Gasteiger partial charge < -0.3 is 20.0 Å². The van der Waals surface area contributed by atoms with Crippen LogP contribution >= 0.6 is 12.2 Å². The van der Waals surface area contributed by atoms with Crippen LogP contribution in [0.15, 0.2) is 47.1 Å². The zero-order valence-electron chi connectivity index (χ0n) is 15.6. The van der Waals surface area contributed by atoms with Crippen LogP contribution in [0.2, 0.25) is 0 Å². The highest BCUT2D eigenvalue weighted by molar-refractivity contribution is 7.80. The molecule has 3 heterocycles. The number of furan rings is 1. The minimum absolute atomic E-state index is 0.108. The summed E-state index contributed by atoms with van der Waals surface area (Å²) < 4.78 is 18.4. The van der Waals surface area contributed by atoms with Gasteiger partial charge in [-0.1, -0.05) is 0 Å². The Labute approximate surface area is 169 Å². The molecule has 2 saturated heterocycles. The lowest BCUT2D eigenvalue weighted by Gasteiger charge is -2.50. The van der Waals surface area contributed by atoms with Crippen molar-refractivity contribution in [1.82, 2.24) is 15.5 Å². The molecule has 1 aromatic heterocycles. The number of hydrogen-bond donors (Lipinski definition) is 2. The van der Waals surface area contributed by atoms with Crippen LogP contribution in [0.3, 0.4) is 0 Å². The zero-order chi connectivity index (χ0) is 19.5. The third-order valence-corrected chi connectivity index (χ3v) is 6.00. The Balaban J connectivity index is 1.36. The minimum Gasteiger partial charge on any atom is -0.467 e. The Bertz CT molecular complexity index is 811. The van der Waals surface area contributed by atoms with E-state index >= 15 is 0 Å². The molecule has 2 aliphatic heterocycles. The van der Waals surface area contributed by atoms with Gasteiger partial charge in [-0.05, 0) is 80.7 Å². The maximum absolute atomic E-state index is 13.1. The number of fused-ring (bicyclic) bond motifs is 2. The summed E-state index contributed by atoms with van der Waals surface area (Å²) in [5.74, 6) is 0.374. The summed E-state index contributed by atoms with van der Waals surface area (Å²) in [7, 11) is 0. The summed E-state index contributed by atoms with van der Waals surface area (Å²) in [6.07, 6.45) is 6.72. The normalized spacial score (nSPS) is 23.9. The molecule has 2 bridgehead atoms. The SMILES string of the molecule is O=C(NC1CC2CCCC(C1)N2C(=S)NCc1ccco1)c1ccc(F)cc1. The van der Waals surface area contributed by atoms with E-state index in [1.54, 1.807) is 6.26 Å². The molecule has 2 aromatic rings. The van der Waals surface area contributed by atoms with Crippen LogP contribution in [0.5, 0.6) is 0 Å². The second kappa shape index (κ2) is 8.31. The molecule has 148 valence electrons. The molecule has 2 fully saturated rings. The summed E-state index contributed by atoms with van der Waals surface area (Å²) in [5, 5.41) is 7.20. The van der Waals surface area contributed by atoms with E-state index < -0.39 is 0 Å². The monoisotopic (exact) mass is 401 g/mol. The fourth-order valence-electron chi connectivity index (χ4n) is 4.37. The Hall–Kier alpha value is -2.41. The van der Waals surface area contributed by atoms with Gasteiger partial charge in [-0.25, -0.2) is 4.39 Å². The standard InChI is InChI=1S/C21H24FN3O2S/c22-15-8-6-14(7-9-15)20(26)24-16-11-17-3-1-4-18(12-16)25(17)21(28)23-13-19-5-2-10-27-19/h2,5-10,16-18H,1,3-4,11-13H2,(H,23,28)(H,24,26). The summed E-state index contributed by atoms with van der Waals surface area (Å²) >= 11 is 5.67. The predicted octanol–water partition coefficient (Wildman–Crippen LogP) is 3.61. The molecule has 1 aromatic carbocycles. The van der Waals surface area contributed by atoms with Crippen LogP contribution < -0.4 is 10.6 Å². The maximum Gasteiger partial charge on any atom is 0.251 e. The highest BCUT2D eigenvalue weighted by Gasteiger charge is 2.39. The van der Waals surface area contributed by atoms with Crippen LogP contribution in [0.1, 0.15) is 48.2 Å². The van der Waals surface area contributed by atoms with E-state index in [0.717, 1.165) is 36.6 Å². The van der Waals surface area contributed by atoms with Gasteiger partial charge in [-0.3, -0.25) is 4.79 Å². The van der Waals surface area contributed by atoms with Crippen molar-refractivity contribution in [2.24, 2.45) is 0 Å². The first kappa shape index (κ1) is 18.9. The third-order valence-electron chi connectivity index (χ3n) is 5.64. The van der Waals surface area contributed by atoms with Crippen molar-refractivity contribution in [2.45, 2.75) is 56.8 Å². The molecule has 2 aliphatic rings. The van der Waals surface area contributed by atoms with E-state index in [4.69, 9.17) is 16.6 Å². The number of hydrogen-bond acceptors (Lipinski definition) is 3. The molecule has 0 radical (unpaired) electrons. The van der Waals surface area contributed by atoms with Crippen LogP contribution in [-0.4, -0.2) is 34.0 Å². The van der Waals surface area contributed by atoms with Crippen molar-refractivity contribution >= 4 is 23.2 Å². The first-order chi connectivity index (χ1) is 13.6. The smallest absolute Gasteiger partial charge is 0.251 e. The molecule has 5 nitrogen and oxygen atoms in total. The van der Waals surface area contributed by atoms with Crippen molar-refractivity contribution in [3.63, 3.8) is 0 Å². The lowest BCUT2D eigenvalue weighted by atomic mass is 9.82. The second-order valence-electron chi connectivity index (χ2n) is 7.53. The van der Waals surface area contributed by atoms with Gasteiger partial charge >= 0.3 is 0 Å². The van der Waals surface area contributed by atoms with Crippen molar-refractivity contribution in [1.29, 1.82) is 0 Å².